The van der Waals surface area contributed by atoms with Crippen LogP contribution in [0.3, 0.4) is 0 Å². The maximum Gasteiger partial charge on any atom is 0.532 e. The second kappa shape index (κ2) is 8.29. The molecule has 3 rings (SSSR count). The molecule has 2 fully saturated rings. The maximum atomic E-state index is 11.9. The monoisotopic (exact) mass is 374 g/mol. The van der Waals surface area contributed by atoms with Crippen molar-refractivity contribution in [2.24, 2.45) is 5.41 Å². The van der Waals surface area contributed by atoms with Gasteiger partial charge in [0, 0.05) is 0 Å². The van der Waals surface area contributed by atoms with E-state index in [0.717, 1.165) is 0 Å². The highest BCUT2D eigenvalue weighted by molar-refractivity contribution is 5.75. The second-order valence-corrected chi connectivity index (χ2v) is 6.28. The Bertz CT molecular complexity index is 545. The van der Waals surface area contributed by atoms with Crippen LogP contribution in [0.2, 0.25) is 0 Å². The minimum absolute atomic E-state index is 0.245. The van der Waals surface area contributed by atoms with E-state index in [1.54, 1.807) is 19.1 Å². The topological polar surface area (TPSA) is 116 Å². The Hall–Kier alpha value is -1.76. The van der Waals surface area contributed by atoms with E-state index in [1.165, 1.54) is 5.23 Å². The summed E-state index contributed by atoms with van der Waals surface area (Å²) in [4.78, 5) is 48.9. The predicted molar refractivity (Wildman–Crippen MR) is 81.4 cm³/mol. The zero-order valence-electron chi connectivity index (χ0n) is 14.4. The lowest BCUT2D eigenvalue weighted by Crippen LogP contribution is -2.49. The van der Waals surface area contributed by atoms with Gasteiger partial charge >= 0.3 is 12.1 Å². The molecule has 0 spiro atoms. The number of nitrogens with zero attached hydrogens (tertiary/aromatic N) is 2. The predicted octanol–water partition coefficient (Wildman–Crippen LogP) is 0.980. The van der Waals surface area contributed by atoms with E-state index in [0.29, 0.717) is 31.4 Å². The highest BCUT2D eigenvalue weighted by Gasteiger charge is 2.47. The smallest absolute Gasteiger partial charge is 0.481 e. The average molecular weight is 374 g/mol. The Morgan fingerprint density at radius 3 is 2.46 bits per heavy atom. The quantitative estimate of drug-likeness (QED) is 0.560. The highest BCUT2D eigenvalue weighted by atomic mass is 17.2. The molecule has 3 aliphatic rings. The van der Waals surface area contributed by atoms with Crippen molar-refractivity contribution >= 4 is 12.1 Å². The van der Waals surface area contributed by atoms with Crippen LogP contribution in [-0.2, 0) is 33.7 Å². The maximum absolute atomic E-state index is 11.9. The normalized spacial score (nSPS) is 34.8. The molecule has 26 heavy (non-hydrogen) atoms. The van der Waals surface area contributed by atoms with Crippen LogP contribution < -0.4 is 0 Å². The van der Waals surface area contributed by atoms with Gasteiger partial charge in [-0.1, -0.05) is 11.3 Å². The van der Waals surface area contributed by atoms with Gasteiger partial charge in [-0.15, -0.1) is 0 Å². The van der Waals surface area contributed by atoms with Crippen LogP contribution in [0.15, 0.2) is 12.2 Å². The first-order chi connectivity index (χ1) is 12.5. The van der Waals surface area contributed by atoms with Crippen molar-refractivity contribution in [3.8, 4) is 0 Å². The first-order valence-electron chi connectivity index (χ1n) is 8.39. The minimum atomic E-state index is -1.15. The van der Waals surface area contributed by atoms with Crippen molar-refractivity contribution in [3.05, 3.63) is 12.2 Å². The number of carboxylic acids is 1. The molecule has 1 N–H and O–H groups in total. The lowest BCUT2D eigenvalue weighted by Gasteiger charge is -2.38. The van der Waals surface area contributed by atoms with Crippen molar-refractivity contribution in [1.82, 2.24) is 10.6 Å². The number of hydrogen-bond acceptors (Lipinski definition) is 10. The fraction of sp³-hybridized carbons (Fsp3) is 0.733. The van der Waals surface area contributed by atoms with E-state index in [-0.39, 0.29) is 19.6 Å². The Labute approximate surface area is 149 Å². The van der Waals surface area contributed by atoms with Gasteiger partial charge in [0.25, 0.3) is 0 Å². The number of carbonyl (C=O) groups excluding carboxylic acids is 1. The van der Waals surface area contributed by atoms with Gasteiger partial charge < -0.3 is 9.84 Å². The molecule has 3 atom stereocenters. The number of ether oxygens (including phenoxy) is 1. The van der Waals surface area contributed by atoms with Crippen molar-refractivity contribution in [3.63, 3.8) is 0 Å². The van der Waals surface area contributed by atoms with Gasteiger partial charge in [0.05, 0.1) is 24.7 Å². The van der Waals surface area contributed by atoms with E-state index in [4.69, 9.17) is 28.9 Å². The van der Waals surface area contributed by atoms with Gasteiger partial charge in [-0.3, -0.25) is 19.3 Å². The fourth-order valence-corrected chi connectivity index (χ4v) is 2.98. The Morgan fingerprint density at radius 1 is 1.15 bits per heavy atom. The molecular formula is C15H22N2O9. The number of hydroxylamine groups is 2. The molecule has 1 unspecified atom stereocenters. The molecule has 2 heterocycles. The van der Waals surface area contributed by atoms with Gasteiger partial charge in [-0.2, -0.15) is 0 Å². The molecule has 1 aliphatic carbocycles. The lowest BCUT2D eigenvalue weighted by molar-refractivity contribution is -0.460. The number of rotatable bonds is 4. The van der Waals surface area contributed by atoms with Gasteiger partial charge in [0.2, 0.25) is 0 Å². The van der Waals surface area contributed by atoms with Crippen LogP contribution in [0.4, 0.5) is 4.79 Å². The van der Waals surface area contributed by atoms with Crippen LogP contribution in [0.25, 0.3) is 0 Å². The Balaban J connectivity index is 1.63. The summed E-state index contributed by atoms with van der Waals surface area (Å²) < 4.78 is 5.20. The van der Waals surface area contributed by atoms with E-state index in [2.05, 4.69) is 0 Å². The summed E-state index contributed by atoms with van der Waals surface area (Å²) >= 11 is 0. The summed E-state index contributed by atoms with van der Waals surface area (Å²) in [6, 6.07) is -0.502. The van der Waals surface area contributed by atoms with Crippen LogP contribution in [0.5, 0.6) is 0 Å². The van der Waals surface area contributed by atoms with Gasteiger partial charge in [0.1, 0.15) is 24.7 Å². The zero-order chi connectivity index (χ0) is 18.6. The van der Waals surface area contributed by atoms with Crippen LogP contribution in [0.1, 0.15) is 26.2 Å². The summed E-state index contributed by atoms with van der Waals surface area (Å²) in [7, 11) is 0. The third-order valence-corrected chi connectivity index (χ3v) is 4.53. The SMILES string of the molecule is CC1(C(=O)O)CC[C@H](OC(=O)ON2OCCO2)/C=C/C[C@@H]1N1OCCO1. The molecule has 146 valence electrons. The van der Waals surface area contributed by atoms with Crippen LogP contribution >= 0.6 is 0 Å². The number of hydrogen-bond donors (Lipinski definition) is 1. The molecule has 0 amide bonds. The summed E-state index contributed by atoms with van der Waals surface area (Å²) in [6.07, 6.45) is 2.70. The number of aliphatic carboxylic acids is 1. The van der Waals surface area contributed by atoms with Gasteiger partial charge in [-0.25, -0.2) is 14.5 Å². The molecule has 0 saturated carbocycles. The van der Waals surface area contributed by atoms with Crippen molar-refractivity contribution in [2.75, 3.05) is 26.4 Å². The average Bonchev–Trinajstić information content (AvgIpc) is 3.27. The van der Waals surface area contributed by atoms with E-state index in [1.807, 2.05) is 0 Å². The van der Waals surface area contributed by atoms with Gasteiger partial charge in [0.15, 0.2) is 0 Å². The second-order valence-electron chi connectivity index (χ2n) is 6.28. The summed E-state index contributed by atoms with van der Waals surface area (Å²) in [5.41, 5.74) is -1.15. The van der Waals surface area contributed by atoms with E-state index in [9.17, 15) is 14.7 Å². The Morgan fingerprint density at radius 2 is 1.81 bits per heavy atom. The lowest BCUT2D eigenvalue weighted by atomic mass is 9.75. The Kier molecular flexibility index (Phi) is 6.06. The molecule has 11 nitrogen and oxygen atoms in total. The summed E-state index contributed by atoms with van der Waals surface area (Å²) in [5, 5.41) is 11.6. The van der Waals surface area contributed by atoms with Crippen LogP contribution in [-0.4, -0.2) is 66.4 Å². The van der Waals surface area contributed by atoms with Crippen molar-refractivity contribution < 1.29 is 43.6 Å². The van der Waals surface area contributed by atoms with Crippen molar-refractivity contribution in [2.45, 2.75) is 38.3 Å². The van der Waals surface area contributed by atoms with Crippen LogP contribution in [0, 0.1) is 5.41 Å². The van der Waals surface area contributed by atoms with E-state index >= 15 is 0 Å². The molecule has 2 saturated heterocycles. The largest absolute Gasteiger partial charge is 0.532 e. The van der Waals surface area contributed by atoms with Crippen molar-refractivity contribution in [1.29, 1.82) is 0 Å². The molecule has 0 aromatic heterocycles. The standard InChI is InChI=1S/C15H22N2O9/c1-15(13(18)19)6-5-11(25-14(20)26-17-23-9-10-24-17)3-2-4-12(15)16-21-7-8-22-16/h2-3,11-12H,4-10H2,1H3,(H,18,19)/b3-2+/t11-,12+,15?/m1/s1. The first-order valence-corrected chi connectivity index (χ1v) is 8.39. The summed E-state index contributed by atoms with van der Waals surface area (Å²) in [5.74, 6) is -0.975. The molecule has 2 aliphatic heterocycles. The van der Waals surface area contributed by atoms with Gasteiger partial charge in [-0.05, 0) is 32.3 Å². The molecule has 0 radical (unpaired) electrons. The molecule has 11 heteroatoms. The van der Waals surface area contributed by atoms with E-state index < -0.39 is 29.7 Å². The third kappa shape index (κ3) is 4.31. The molecule has 0 aromatic carbocycles. The zero-order valence-corrected chi connectivity index (χ0v) is 14.4. The molecular weight excluding hydrogens is 352 g/mol. The molecule has 0 aromatic rings. The fourth-order valence-electron chi connectivity index (χ4n) is 2.98. The third-order valence-electron chi connectivity index (χ3n) is 4.53. The molecule has 0 bridgehead atoms. The number of carbonyl (C=O) groups is 2. The highest BCUT2D eigenvalue weighted by Crippen LogP contribution is 2.37. The minimum Gasteiger partial charge on any atom is -0.481 e. The first kappa shape index (κ1) is 19.0. The number of carboxylic acid groups (broad SMARTS) is 1. The summed E-state index contributed by atoms with van der Waals surface area (Å²) in [6.45, 7) is 2.94.